The van der Waals surface area contributed by atoms with Crippen molar-refractivity contribution in [2.75, 3.05) is 4.90 Å². The van der Waals surface area contributed by atoms with Gasteiger partial charge in [-0.1, -0.05) is 21.1 Å². The third-order valence-corrected chi connectivity index (χ3v) is 4.40. The lowest BCUT2D eigenvalue weighted by molar-refractivity contribution is -0.126. The molecule has 1 fully saturated rings. The van der Waals surface area contributed by atoms with Gasteiger partial charge in [0.2, 0.25) is 17.8 Å². The first-order chi connectivity index (χ1) is 11.6. The van der Waals surface area contributed by atoms with Crippen LogP contribution >= 0.6 is 15.9 Å². The Morgan fingerprint density at radius 2 is 1.88 bits per heavy atom. The minimum absolute atomic E-state index is 0.0420. The molecule has 0 unspecified atom stereocenters. The quantitative estimate of drug-likeness (QED) is 0.593. The number of anilines is 1. The van der Waals surface area contributed by atoms with E-state index in [9.17, 15) is 14.4 Å². The van der Waals surface area contributed by atoms with E-state index in [0.29, 0.717) is 5.69 Å². The summed E-state index contributed by atoms with van der Waals surface area (Å²) >= 11 is 3.30. The Morgan fingerprint density at radius 3 is 2.54 bits per heavy atom. The van der Waals surface area contributed by atoms with Gasteiger partial charge in [-0.2, -0.15) is 0 Å². The zero-order chi connectivity index (χ0) is 16.8. The van der Waals surface area contributed by atoms with E-state index in [1.165, 1.54) is 12.3 Å². The normalized spacial score (nSPS) is 22.4. The van der Waals surface area contributed by atoms with Crippen molar-refractivity contribution in [2.45, 2.75) is 6.10 Å². The molecule has 3 heterocycles. The van der Waals surface area contributed by atoms with Crippen molar-refractivity contribution in [3.05, 3.63) is 52.9 Å². The van der Waals surface area contributed by atoms with Crippen molar-refractivity contribution in [1.82, 2.24) is 0 Å². The largest absolute Gasteiger partial charge is 0.461 e. The first-order valence-corrected chi connectivity index (χ1v) is 7.82. The molecule has 2 atom stereocenters. The molecule has 1 aromatic carbocycles. The minimum atomic E-state index is -1.12. The summed E-state index contributed by atoms with van der Waals surface area (Å²) in [5, 5.41) is 3.65. The number of ketones is 1. The SMILES string of the molecule is O=C(C1=NO[C@H]2C(=O)N(c3ccc(Br)cc3)C(=O)[C@H]12)c1ccco1. The molecule has 1 saturated heterocycles. The summed E-state index contributed by atoms with van der Waals surface area (Å²) in [4.78, 5) is 43.7. The van der Waals surface area contributed by atoms with Crippen molar-refractivity contribution < 1.29 is 23.6 Å². The van der Waals surface area contributed by atoms with Gasteiger partial charge >= 0.3 is 0 Å². The fraction of sp³-hybridized carbons (Fsp3) is 0.125. The molecule has 1 aromatic heterocycles. The Hall–Kier alpha value is -2.74. The molecule has 0 radical (unpaired) electrons. The molecular formula is C16H9BrN2O5. The number of carbonyl (C=O) groups is 3. The van der Waals surface area contributed by atoms with E-state index in [1.807, 2.05) is 0 Å². The average Bonchev–Trinajstić information content (AvgIpc) is 3.29. The molecule has 0 N–H and O–H groups in total. The standard InChI is InChI=1S/C16H9BrN2O5/c17-8-3-5-9(6-4-8)19-15(21)11-12(18-24-14(11)16(19)22)13(20)10-2-1-7-23-10/h1-7,11,14H/t11-,14-/m1/s1. The number of rotatable bonds is 3. The number of fused-ring (bicyclic) bond motifs is 1. The Kier molecular flexibility index (Phi) is 3.34. The first kappa shape index (κ1) is 14.8. The number of oxime groups is 1. The number of amides is 2. The van der Waals surface area contributed by atoms with Crippen LogP contribution in [0, 0.1) is 5.92 Å². The molecule has 7 nitrogen and oxygen atoms in total. The highest BCUT2D eigenvalue weighted by atomic mass is 79.9. The second kappa shape index (κ2) is 5.41. The summed E-state index contributed by atoms with van der Waals surface area (Å²) < 4.78 is 5.86. The highest BCUT2D eigenvalue weighted by Crippen LogP contribution is 2.34. The smallest absolute Gasteiger partial charge is 0.278 e. The topological polar surface area (TPSA) is 89.2 Å². The lowest BCUT2D eigenvalue weighted by atomic mass is 9.96. The van der Waals surface area contributed by atoms with Crippen molar-refractivity contribution in [3.63, 3.8) is 0 Å². The number of imide groups is 1. The monoisotopic (exact) mass is 388 g/mol. The van der Waals surface area contributed by atoms with E-state index >= 15 is 0 Å². The van der Waals surface area contributed by atoms with E-state index in [4.69, 9.17) is 9.25 Å². The predicted octanol–water partition coefficient (Wildman–Crippen LogP) is 2.17. The second-order valence-electron chi connectivity index (χ2n) is 5.27. The molecule has 120 valence electrons. The number of hydrogen-bond donors (Lipinski definition) is 0. The van der Waals surface area contributed by atoms with Crippen molar-refractivity contribution >= 4 is 44.9 Å². The number of furan rings is 1. The highest BCUT2D eigenvalue weighted by molar-refractivity contribution is 9.10. The highest BCUT2D eigenvalue weighted by Gasteiger charge is 2.57. The van der Waals surface area contributed by atoms with E-state index in [0.717, 1.165) is 9.37 Å². The van der Waals surface area contributed by atoms with Crippen LogP contribution in [-0.4, -0.2) is 29.4 Å². The molecule has 0 aliphatic carbocycles. The van der Waals surface area contributed by atoms with Gasteiger partial charge in [0, 0.05) is 4.47 Å². The van der Waals surface area contributed by atoms with Gasteiger partial charge < -0.3 is 9.25 Å². The van der Waals surface area contributed by atoms with Crippen LogP contribution in [-0.2, 0) is 14.4 Å². The Bertz CT molecular complexity index is 872. The van der Waals surface area contributed by atoms with Gasteiger partial charge in [0.15, 0.2) is 5.76 Å². The zero-order valence-electron chi connectivity index (χ0n) is 12.0. The molecule has 8 heteroatoms. The van der Waals surface area contributed by atoms with E-state index < -0.39 is 29.6 Å². The van der Waals surface area contributed by atoms with Crippen LogP contribution in [0.3, 0.4) is 0 Å². The van der Waals surface area contributed by atoms with Gasteiger partial charge in [-0.3, -0.25) is 14.4 Å². The average molecular weight is 389 g/mol. The van der Waals surface area contributed by atoms with Crippen LogP contribution in [0.15, 0.2) is 56.7 Å². The van der Waals surface area contributed by atoms with Gasteiger partial charge in [0.1, 0.15) is 11.6 Å². The second-order valence-corrected chi connectivity index (χ2v) is 6.19. The maximum atomic E-state index is 12.7. The van der Waals surface area contributed by atoms with Gasteiger partial charge in [0.05, 0.1) is 12.0 Å². The number of benzene rings is 1. The molecule has 2 amide bonds. The van der Waals surface area contributed by atoms with Crippen molar-refractivity contribution in [3.8, 4) is 0 Å². The fourth-order valence-corrected chi connectivity index (χ4v) is 3.01. The van der Waals surface area contributed by atoms with Crippen molar-refractivity contribution in [1.29, 1.82) is 0 Å². The summed E-state index contributed by atoms with van der Waals surface area (Å²) in [5.74, 6) is -2.66. The summed E-state index contributed by atoms with van der Waals surface area (Å²) in [6, 6.07) is 9.71. The number of carbonyl (C=O) groups excluding carboxylic acids is 3. The molecule has 0 bridgehead atoms. The lowest BCUT2D eigenvalue weighted by Crippen LogP contribution is -2.34. The summed E-state index contributed by atoms with van der Waals surface area (Å²) in [6.45, 7) is 0. The summed E-state index contributed by atoms with van der Waals surface area (Å²) in [7, 11) is 0. The van der Waals surface area contributed by atoms with Crippen LogP contribution < -0.4 is 4.90 Å². The third-order valence-electron chi connectivity index (χ3n) is 3.87. The van der Waals surface area contributed by atoms with Crippen LogP contribution in [0.25, 0.3) is 0 Å². The Labute approximate surface area is 144 Å². The Morgan fingerprint density at radius 1 is 1.12 bits per heavy atom. The first-order valence-electron chi connectivity index (χ1n) is 7.03. The molecule has 4 rings (SSSR count). The molecule has 24 heavy (non-hydrogen) atoms. The minimum Gasteiger partial charge on any atom is -0.461 e. The Balaban J connectivity index is 1.67. The maximum absolute atomic E-state index is 12.7. The number of halogens is 1. The van der Waals surface area contributed by atoms with E-state index in [2.05, 4.69) is 21.1 Å². The van der Waals surface area contributed by atoms with E-state index in [-0.39, 0.29) is 11.5 Å². The maximum Gasteiger partial charge on any atom is 0.278 e. The van der Waals surface area contributed by atoms with Gasteiger partial charge in [0.25, 0.3) is 5.91 Å². The van der Waals surface area contributed by atoms with Crippen LogP contribution in [0.5, 0.6) is 0 Å². The summed E-state index contributed by atoms with van der Waals surface area (Å²) in [5.41, 5.74) is 0.295. The number of Topliss-reactive ketones (excluding diaryl/α,β-unsaturated/α-hetero) is 1. The molecule has 2 aliphatic rings. The van der Waals surface area contributed by atoms with Gasteiger partial charge in [-0.25, -0.2) is 4.90 Å². The molecule has 2 aromatic rings. The third kappa shape index (κ3) is 2.10. The molecule has 0 saturated carbocycles. The van der Waals surface area contributed by atoms with Crippen molar-refractivity contribution in [2.24, 2.45) is 11.1 Å². The molecule has 2 aliphatic heterocycles. The predicted molar refractivity (Wildman–Crippen MR) is 85.5 cm³/mol. The van der Waals surface area contributed by atoms with Crippen LogP contribution in [0.1, 0.15) is 10.6 Å². The lowest BCUT2D eigenvalue weighted by Gasteiger charge is -2.15. The molecular weight excluding hydrogens is 380 g/mol. The molecule has 0 spiro atoms. The number of hydrogen-bond acceptors (Lipinski definition) is 6. The van der Waals surface area contributed by atoms with Crippen LogP contribution in [0.2, 0.25) is 0 Å². The van der Waals surface area contributed by atoms with E-state index in [1.54, 1.807) is 30.3 Å². The number of nitrogens with zero attached hydrogens (tertiary/aromatic N) is 2. The summed E-state index contributed by atoms with van der Waals surface area (Å²) in [6.07, 6.45) is 0.228. The zero-order valence-corrected chi connectivity index (χ0v) is 13.6. The van der Waals surface area contributed by atoms with Crippen LogP contribution in [0.4, 0.5) is 5.69 Å². The van der Waals surface area contributed by atoms with Gasteiger partial charge in [-0.05, 0) is 36.4 Å². The fourth-order valence-electron chi connectivity index (χ4n) is 2.74. The van der Waals surface area contributed by atoms with Gasteiger partial charge in [-0.15, -0.1) is 0 Å².